The van der Waals surface area contributed by atoms with Crippen LogP contribution in [0.3, 0.4) is 0 Å². The molecular formula is C20H23FN2O4. The summed E-state index contributed by atoms with van der Waals surface area (Å²) >= 11 is 0. The van der Waals surface area contributed by atoms with Crippen molar-refractivity contribution in [3.05, 3.63) is 53.9 Å². The summed E-state index contributed by atoms with van der Waals surface area (Å²) in [7, 11) is 0. The van der Waals surface area contributed by atoms with Gasteiger partial charge in [-0.25, -0.2) is 4.39 Å². The van der Waals surface area contributed by atoms with Gasteiger partial charge in [-0.2, -0.15) is 0 Å². The Balaban J connectivity index is 1.71. The third kappa shape index (κ3) is 4.16. The van der Waals surface area contributed by atoms with Crippen molar-refractivity contribution in [1.29, 1.82) is 0 Å². The lowest BCUT2D eigenvalue weighted by Crippen LogP contribution is -2.47. The molecule has 1 fully saturated rings. The molecule has 1 aromatic heterocycles. The van der Waals surface area contributed by atoms with Crippen molar-refractivity contribution in [3.8, 4) is 11.1 Å². The molecule has 2 atom stereocenters. The lowest BCUT2D eigenvalue weighted by atomic mass is 9.95. The van der Waals surface area contributed by atoms with Gasteiger partial charge in [-0.1, -0.05) is 37.3 Å². The zero-order valence-corrected chi connectivity index (χ0v) is 15.1. The number of aliphatic hydroxyl groups is 2. The summed E-state index contributed by atoms with van der Waals surface area (Å²) in [6, 6.07) is 9.63. The number of hydrogen-bond donors (Lipinski definition) is 3. The summed E-state index contributed by atoms with van der Waals surface area (Å²) in [5.74, 6) is -0.307. The van der Waals surface area contributed by atoms with Crippen molar-refractivity contribution >= 4 is 5.91 Å². The predicted molar refractivity (Wildman–Crippen MR) is 97.5 cm³/mol. The molecule has 2 unspecified atom stereocenters. The Morgan fingerprint density at radius 2 is 1.93 bits per heavy atom. The highest BCUT2D eigenvalue weighted by atomic mass is 19.1. The number of aliphatic hydroxyl groups excluding tert-OH is 1. The van der Waals surface area contributed by atoms with Crippen LogP contribution in [0, 0.1) is 0 Å². The highest BCUT2D eigenvalue weighted by molar-refractivity contribution is 5.76. The van der Waals surface area contributed by atoms with Crippen molar-refractivity contribution < 1.29 is 24.1 Å². The fourth-order valence-corrected chi connectivity index (χ4v) is 2.90. The van der Waals surface area contributed by atoms with Crippen LogP contribution in [0.5, 0.6) is 0 Å². The number of nitrogens with one attached hydrogen (secondary N) is 1. The first-order chi connectivity index (χ1) is 13.0. The maximum absolute atomic E-state index is 13.2. The van der Waals surface area contributed by atoms with E-state index in [2.05, 4.69) is 10.3 Å². The van der Waals surface area contributed by atoms with Crippen LogP contribution in [-0.4, -0.2) is 47.0 Å². The number of ether oxygens (including phenoxy) is 1. The summed E-state index contributed by atoms with van der Waals surface area (Å²) in [5.41, 5.74) is 1.81. The smallest absolute Gasteiger partial charge is 0.220 e. The van der Waals surface area contributed by atoms with E-state index in [-0.39, 0.29) is 25.5 Å². The third-order valence-corrected chi connectivity index (χ3v) is 4.72. The molecule has 3 N–H and O–H groups in total. The molecule has 1 aliphatic rings. The van der Waals surface area contributed by atoms with Gasteiger partial charge in [-0.05, 0) is 17.2 Å². The second-order valence-corrected chi connectivity index (χ2v) is 6.71. The van der Waals surface area contributed by atoms with E-state index in [4.69, 9.17) is 4.74 Å². The van der Waals surface area contributed by atoms with E-state index in [9.17, 15) is 19.4 Å². The van der Waals surface area contributed by atoms with Crippen LogP contribution >= 0.6 is 0 Å². The Labute approximate surface area is 157 Å². The molecule has 0 aliphatic carbocycles. The summed E-state index contributed by atoms with van der Waals surface area (Å²) in [4.78, 5) is 15.8. The van der Waals surface area contributed by atoms with Crippen LogP contribution in [0.1, 0.15) is 30.7 Å². The topological polar surface area (TPSA) is 91.7 Å². The van der Waals surface area contributed by atoms with Crippen LogP contribution in [0.4, 0.5) is 4.39 Å². The maximum atomic E-state index is 13.2. The van der Waals surface area contributed by atoms with Crippen molar-refractivity contribution in [3.63, 3.8) is 0 Å². The van der Waals surface area contributed by atoms with Gasteiger partial charge in [-0.3, -0.25) is 9.78 Å². The molecule has 6 nitrogen and oxygen atoms in total. The molecule has 3 rings (SSSR count). The van der Waals surface area contributed by atoms with E-state index in [0.29, 0.717) is 11.3 Å². The van der Waals surface area contributed by atoms with Crippen LogP contribution in [-0.2, 0) is 15.1 Å². The minimum absolute atomic E-state index is 0.229. The van der Waals surface area contributed by atoms with E-state index in [0.717, 1.165) is 11.1 Å². The fraction of sp³-hybridized carbons (Fsp3) is 0.400. The maximum Gasteiger partial charge on any atom is 0.220 e. The second-order valence-electron chi connectivity index (χ2n) is 6.71. The van der Waals surface area contributed by atoms with E-state index >= 15 is 0 Å². The Hall–Kier alpha value is -2.35. The van der Waals surface area contributed by atoms with Gasteiger partial charge in [-0.15, -0.1) is 0 Å². The average molecular weight is 374 g/mol. The Morgan fingerprint density at radius 3 is 2.41 bits per heavy atom. The minimum atomic E-state index is -1.13. The normalized spacial score (nSPS) is 17.6. The molecule has 1 aliphatic heterocycles. The van der Waals surface area contributed by atoms with Gasteiger partial charge in [0.1, 0.15) is 12.8 Å². The molecule has 0 spiro atoms. The quantitative estimate of drug-likeness (QED) is 0.688. The lowest BCUT2D eigenvalue weighted by molar-refractivity contribution is -0.186. The van der Waals surface area contributed by atoms with Crippen molar-refractivity contribution in [2.45, 2.75) is 31.1 Å². The highest BCUT2D eigenvalue weighted by Crippen LogP contribution is 2.29. The monoisotopic (exact) mass is 374 g/mol. The summed E-state index contributed by atoms with van der Waals surface area (Å²) < 4.78 is 18.2. The lowest BCUT2D eigenvalue weighted by Gasteiger charge is -2.35. The number of aromatic nitrogens is 1. The number of benzene rings is 1. The van der Waals surface area contributed by atoms with Crippen LogP contribution in [0.2, 0.25) is 0 Å². The Bertz CT molecular complexity index is 776. The van der Waals surface area contributed by atoms with Gasteiger partial charge in [0.2, 0.25) is 5.91 Å². The first-order valence-electron chi connectivity index (χ1n) is 8.87. The van der Waals surface area contributed by atoms with Gasteiger partial charge in [0.15, 0.2) is 5.60 Å². The standard InChI is InChI=1S/C20H23FN2O4/c1-2-18(24)23-16(9-21)19(25)14-5-3-13(4-6-14)15-7-8-17(22-10-15)20(26)11-27-12-20/h3-8,10,16,19,25-26H,2,9,11-12H2,1H3,(H,23,24). The molecule has 1 saturated heterocycles. The SMILES string of the molecule is CCC(=O)NC(CF)C(O)c1ccc(-c2ccc(C3(O)COC3)nc2)cc1. The van der Waals surface area contributed by atoms with Gasteiger partial charge in [0.25, 0.3) is 0 Å². The fourth-order valence-electron chi connectivity index (χ4n) is 2.90. The minimum Gasteiger partial charge on any atom is -0.386 e. The first-order valence-corrected chi connectivity index (χ1v) is 8.87. The van der Waals surface area contributed by atoms with Crippen molar-refractivity contribution in [2.75, 3.05) is 19.9 Å². The van der Waals surface area contributed by atoms with Crippen molar-refractivity contribution in [2.24, 2.45) is 0 Å². The largest absolute Gasteiger partial charge is 0.386 e. The van der Waals surface area contributed by atoms with Gasteiger partial charge < -0.3 is 20.3 Å². The average Bonchev–Trinajstić information content (AvgIpc) is 2.69. The molecule has 0 bridgehead atoms. The first kappa shape index (κ1) is 19.4. The van der Waals surface area contributed by atoms with E-state index in [1.165, 1.54) is 0 Å². The summed E-state index contributed by atoms with van der Waals surface area (Å²) in [6.07, 6.45) is 0.767. The summed E-state index contributed by atoms with van der Waals surface area (Å²) in [5, 5.41) is 23.0. The number of halogens is 1. The number of hydrogen-bond acceptors (Lipinski definition) is 5. The molecular weight excluding hydrogens is 351 g/mol. The number of rotatable bonds is 7. The van der Waals surface area contributed by atoms with Gasteiger partial charge in [0.05, 0.1) is 24.9 Å². The molecule has 1 amide bonds. The third-order valence-electron chi connectivity index (χ3n) is 4.72. The molecule has 2 aromatic rings. The number of carbonyl (C=O) groups excluding carboxylic acids is 1. The molecule has 0 saturated carbocycles. The number of nitrogens with zero attached hydrogens (tertiary/aromatic N) is 1. The van der Waals surface area contributed by atoms with E-state index < -0.39 is 24.4 Å². The van der Waals surface area contributed by atoms with Crippen molar-refractivity contribution in [1.82, 2.24) is 10.3 Å². The van der Waals surface area contributed by atoms with E-state index in [1.54, 1.807) is 43.5 Å². The second kappa shape index (κ2) is 8.12. The van der Waals surface area contributed by atoms with E-state index in [1.807, 2.05) is 6.07 Å². The molecule has 1 aromatic carbocycles. The van der Waals surface area contributed by atoms with Crippen LogP contribution < -0.4 is 5.32 Å². The number of carbonyl (C=O) groups is 1. The zero-order chi connectivity index (χ0) is 19.4. The number of pyridine rings is 1. The molecule has 7 heteroatoms. The molecule has 144 valence electrons. The highest BCUT2D eigenvalue weighted by Gasteiger charge is 2.39. The molecule has 0 radical (unpaired) electrons. The van der Waals surface area contributed by atoms with Crippen LogP contribution in [0.15, 0.2) is 42.6 Å². The number of amides is 1. The number of alkyl halides is 1. The van der Waals surface area contributed by atoms with Crippen LogP contribution in [0.25, 0.3) is 11.1 Å². The van der Waals surface area contributed by atoms with Gasteiger partial charge >= 0.3 is 0 Å². The Kier molecular flexibility index (Phi) is 5.84. The van der Waals surface area contributed by atoms with Gasteiger partial charge in [0, 0.05) is 18.2 Å². The molecule has 2 heterocycles. The molecule has 27 heavy (non-hydrogen) atoms. The zero-order valence-electron chi connectivity index (χ0n) is 15.1. The summed E-state index contributed by atoms with van der Waals surface area (Å²) in [6.45, 7) is 1.31. The predicted octanol–water partition coefficient (Wildman–Crippen LogP) is 1.86. The Morgan fingerprint density at radius 1 is 1.26 bits per heavy atom.